The van der Waals surface area contributed by atoms with Gasteiger partial charge in [-0.15, -0.1) is 0 Å². The first-order chi connectivity index (χ1) is 66.4. The van der Waals surface area contributed by atoms with E-state index < -0.39 is 319 Å². The molecule has 0 radical (unpaired) electrons. The molecule has 0 aliphatic carbocycles. The minimum Gasteiger partial charge on any atom is -0.508 e. The molecule has 0 unspecified atom stereocenters. The standard InChI is InChI=1S/C90H155N27O26/c1-20-44(9)66(114-76(131)54(25-23-33-99-89(96)97)106-81(136)65(43(7)8)113-85(140)70(90(16,17)18)117(19)86(141)48(13)103-72(127)47(12)102-75(130)53(24-22-32-98-88(94)95)107-83(138)68(49(14)119)115-71(126)46(11)91)82(137)110-59(37-62(93)123)80(135)116-69(50(15)120)84(139)109-57(35-42(5)6)78(133)108-56(34-41(3)4)77(132)105-55(30-31-61(92)122)73(128)100-38-63(124)104-58(36-51-26-28-52(121)29-27-51)79(134)111-60(40-118)74(129)101-39-64(125)112-67(87(142)143)45(10)21-2/h26-29,41-50,53-60,65-70,118-121H,20-25,30-40,91H2,1-19H3,(H2,92,122)(H2,93,123)(H,100,128)(H,101,129)(H,102,130)(H,103,127)(H,104,124)(H,105,132)(H,106,136)(H,107,138)(H,108,133)(H,109,139)(H,110,137)(H,111,134)(H,112,125)(H,113,140)(H,114,131)(H,115,126)(H,116,135)(H,142,143)(H4,94,95,98)(H4,96,97,99)/t44-,45-,46-,47-,48-,49+,50+,53-,54-,55-,56-,57-,58-,59-,60-,65-,66-,67-,68-,69-,70+/m0/s1. The van der Waals surface area contributed by atoms with E-state index >= 15 is 0 Å². The Bertz CT molecular complexity index is 4530. The molecule has 0 spiro atoms. The maximum absolute atomic E-state index is 14.8. The third-order valence-corrected chi connectivity index (χ3v) is 22.6. The molecule has 0 aliphatic rings. The van der Waals surface area contributed by atoms with Crippen LogP contribution in [0.25, 0.3) is 0 Å². The lowest BCUT2D eigenvalue weighted by molar-refractivity contribution is -0.146. The van der Waals surface area contributed by atoms with Crippen LogP contribution in [0.15, 0.2) is 24.3 Å². The Balaban J connectivity index is 3.65. The Hall–Kier alpha value is -13.7. The molecular weight excluding hydrogens is 1880 g/mol. The highest BCUT2D eigenvalue weighted by molar-refractivity contribution is 6.02. The molecule has 0 aliphatic heterocycles. The number of likely N-dealkylation sites (N-methyl/N-ethyl adjacent to an activating group) is 1. The third kappa shape index (κ3) is 46.7. The summed E-state index contributed by atoms with van der Waals surface area (Å²) in [4.78, 5) is 290. The van der Waals surface area contributed by atoms with Gasteiger partial charge in [0.2, 0.25) is 118 Å². The normalized spacial score (nSPS) is 15.7. The topological polar surface area (TPSA) is 869 Å². The summed E-state index contributed by atoms with van der Waals surface area (Å²) in [6.45, 7) is 24.4. The number of amides is 20. The maximum atomic E-state index is 14.8. The smallest absolute Gasteiger partial charge is 0.326 e. The molecule has 0 saturated heterocycles. The van der Waals surface area contributed by atoms with E-state index in [2.05, 4.69) is 101 Å². The Morgan fingerprint density at radius 2 is 0.769 bits per heavy atom. The summed E-state index contributed by atoms with van der Waals surface area (Å²) in [5.74, 6) is -25.8. The van der Waals surface area contributed by atoms with Crippen LogP contribution in [0.3, 0.4) is 0 Å². The summed E-state index contributed by atoms with van der Waals surface area (Å²) in [5, 5.41) is 113. The first-order valence-corrected chi connectivity index (χ1v) is 47.2. The van der Waals surface area contributed by atoms with Gasteiger partial charge < -0.3 is 160 Å². The number of aliphatic carboxylic acids is 1. The van der Waals surface area contributed by atoms with Gasteiger partial charge in [-0.3, -0.25) is 107 Å². The van der Waals surface area contributed by atoms with E-state index in [1.54, 1.807) is 83.1 Å². The Kier molecular flexibility index (Phi) is 55.7. The van der Waals surface area contributed by atoms with Crippen LogP contribution >= 0.6 is 0 Å². The number of guanidine groups is 2. The van der Waals surface area contributed by atoms with Crippen LogP contribution in [0.1, 0.15) is 201 Å². The van der Waals surface area contributed by atoms with Gasteiger partial charge in [-0.25, -0.2) is 4.79 Å². The number of carboxylic acid groups (broad SMARTS) is 1. The number of carbonyl (C=O) groups is 21. The van der Waals surface area contributed by atoms with Crippen molar-refractivity contribution in [1.29, 1.82) is 10.8 Å². The number of phenolic OH excluding ortho intramolecular Hbond substituents is 1. The number of nitrogens with one attached hydrogen (secondary N) is 21. The lowest BCUT2D eigenvalue weighted by Gasteiger charge is -2.39. The first-order valence-electron chi connectivity index (χ1n) is 47.2. The van der Waals surface area contributed by atoms with Gasteiger partial charge in [-0.2, -0.15) is 0 Å². The van der Waals surface area contributed by atoms with E-state index in [1.807, 2.05) is 0 Å². The second-order valence-corrected chi connectivity index (χ2v) is 37.7. The van der Waals surface area contributed by atoms with Crippen LogP contribution < -0.4 is 130 Å². The van der Waals surface area contributed by atoms with Crippen molar-refractivity contribution in [2.75, 3.05) is 39.8 Å². The van der Waals surface area contributed by atoms with E-state index in [-0.39, 0.29) is 76.2 Å². The van der Waals surface area contributed by atoms with E-state index in [4.69, 9.17) is 39.5 Å². The van der Waals surface area contributed by atoms with Gasteiger partial charge in [-0.05, 0) is 132 Å². The summed E-state index contributed by atoms with van der Waals surface area (Å²) in [7, 11) is 1.26. The molecule has 1 aromatic rings. The van der Waals surface area contributed by atoms with Crippen molar-refractivity contribution in [1.82, 2.24) is 106 Å². The fraction of sp³-hybridized carbons (Fsp3) is 0.678. The van der Waals surface area contributed by atoms with Crippen LogP contribution in [0.5, 0.6) is 5.75 Å². The van der Waals surface area contributed by atoms with Gasteiger partial charge in [0.05, 0.1) is 44.4 Å². The molecule has 143 heavy (non-hydrogen) atoms. The number of aliphatic hydroxyl groups is 3. The molecule has 21 atom stereocenters. The summed E-state index contributed by atoms with van der Waals surface area (Å²) in [5.41, 5.74) is 26.9. The number of carboxylic acids is 1. The zero-order valence-electron chi connectivity index (χ0n) is 84.8. The average molecular weight is 2030 g/mol. The Labute approximate surface area is 831 Å². The molecule has 0 saturated carbocycles. The third-order valence-electron chi connectivity index (χ3n) is 22.6. The molecule has 20 amide bonds. The van der Waals surface area contributed by atoms with Gasteiger partial charge in [-0.1, -0.05) is 115 Å². The van der Waals surface area contributed by atoms with Gasteiger partial charge in [0.1, 0.15) is 102 Å². The number of phenols is 1. The van der Waals surface area contributed by atoms with Crippen molar-refractivity contribution in [2.24, 2.45) is 63.7 Å². The monoisotopic (exact) mass is 2030 g/mol. The van der Waals surface area contributed by atoms with Gasteiger partial charge in [0, 0.05) is 33.0 Å². The van der Waals surface area contributed by atoms with Gasteiger partial charge in [0.15, 0.2) is 11.9 Å². The molecule has 1 rings (SSSR count). The predicted molar refractivity (Wildman–Crippen MR) is 519 cm³/mol. The number of benzene rings is 1. The van der Waals surface area contributed by atoms with E-state index in [0.29, 0.717) is 12.0 Å². The molecule has 36 N–H and O–H groups in total. The molecule has 0 fully saturated rings. The number of hydrogen-bond donors (Lipinski definition) is 31. The van der Waals surface area contributed by atoms with E-state index in [9.17, 15) is 126 Å². The average Bonchev–Trinajstić information content (AvgIpc) is 0.804. The van der Waals surface area contributed by atoms with Crippen LogP contribution in [0.2, 0.25) is 0 Å². The molecule has 53 heteroatoms. The number of rotatable bonds is 64. The number of hydrogen-bond acceptors (Lipinski definition) is 28. The Morgan fingerprint density at radius 3 is 1.20 bits per heavy atom. The highest BCUT2D eigenvalue weighted by atomic mass is 16.4. The quantitative estimate of drug-likeness (QED) is 0.0164. The number of aromatic hydroxyl groups is 1. The zero-order chi connectivity index (χ0) is 110. The van der Waals surface area contributed by atoms with Crippen molar-refractivity contribution in [3.8, 4) is 5.75 Å². The second kappa shape index (κ2) is 62.5. The number of nitrogens with two attached hydrogens (primary N) is 5. The summed E-state index contributed by atoms with van der Waals surface area (Å²) in [6.07, 6.45) is -5.76. The molecule has 0 aromatic heterocycles. The Morgan fingerprint density at radius 1 is 0.399 bits per heavy atom. The first kappa shape index (κ1) is 127. The van der Waals surface area contributed by atoms with Gasteiger partial charge >= 0.3 is 5.97 Å². The summed E-state index contributed by atoms with van der Waals surface area (Å²) in [6, 6.07) is -21.2. The minimum absolute atomic E-state index is 0.00589. The fourth-order valence-corrected chi connectivity index (χ4v) is 14.3. The molecule has 0 bridgehead atoms. The maximum Gasteiger partial charge on any atom is 0.326 e. The van der Waals surface area contributed by atoms with Crippen LogP contribution in [-0.2, 0) is 107 Å². The summed E-state index contributed by atoms with van der Waals surface area (Å²) < 4.78 is 0. The SMILES string of the molecule is CC[C@H](C)[C@H](NC(=O)CNC(=O)[C@H](CO)NC(=O)[C@H](Cc1ccc(O)cc1)NC(=O)CNC(=O)[C@H](CCC(N)=O)NC(=O)[C@H](CC(C)C)NC(=O)[C@H](CC(C)C)NC(=O)[C@@H](NC(=O)[C@H](CC(N)=O)NC(=O)[C@@H](NC(=O)[C@H](CCCNC(=N)N)NC(=O)[C@@H](NC(=O)[C@@H](N(C)C(=O)[C@H](C)NC(=O)[C@H](C)NC(=O)[C@H](CCCNC(=N)N)NC(=O)[C@@H](NC(=O)[C@H](C)N)[C@@H](C)O)C(C)(C)C)C(C)C)[C@@H](C)CC)[C@@H](C)O)C(=O)O. The van der Waals surface area contributed by atoms with Crippen molar-refractivity contribution in [3.05, 3.63) is 29.8 Å². The number of nitrogens with zero attached hydrogens (tertiary/aromatic N) is 1. The minimum atomic E-state index is -2.02. The lowest BCUT2D eigenvalue weighted by Crippen LogP contribution is -2.63. The van der Waals surface area contributed by atoms with Crippen LogP contribution in [0.4, 0.5) is 0 Å². The highest BCUT2D eigenvalue weighted by Gasteiger charge is 2.44. The molecule has 0 heterocycles. The van der Waals surface area contributed by atoms with Crippen LogP contribution in [0, 0.1) is 45.8 Å². The molecular formula is C90H155N27O26. The molecule has 1 aromatic carbocycles. The van der Waals surface area contributed by atoms with Crippen molar-refractivity contribution in [3.63, 3.8) is 0 Å². The predicted octanol–water partition coefficient (Wildman–Crippen LogP) is -8.95. The lowest BCUT2D eigenvalue weighted by atomic mass is 9.84. The number of primary amides is 2. The summed E-state index contributed by atoms with van der Waals surface area (Å²) >= 11 is 0. The van der Waals surface area contributed by atoms with Crippen LogP contribution in [-0.4, -0.2) is 321 Å². The highest BCUT2D eigenvalue weighted by Crippen LogP contribution is 2.26. The van der Waals surface area contributed by atoms with E-state index in [1.165, 1.54) is 65.9 Å². The fourth-order valence-electron chi connectivity index (χ4n) is 14.3. The largest absolute Gasteiger partial charge is 0.508 e. The van der Waals surface area contributed by atoms with Crippen molar-refractivity contribution < 1.29 is 126 Å². The second-order valence-electron chi connectivity index (χ2n) is 37.7. The molecule has 806 valence electrons. The zero-order valence-corrected chi connectivity index (χ0v) is 84.8. The van der Waals surface area contributed by atoms with Crippen molar-refractivity contribution in [2.45, 2.75) is 317 Å². The molecule has 53 nitrogen and oxygen atoms in total. The number of aliphatic hydroxyl groups excluding tert-OH is 3. The number of carbonyl (C=O) groups excluding carboxylic acids is 20. The van der Waals surface area contributed by atoms with Crippen molar-refractivity contribution >= 4 is 136 Å². The van der Waals surface area contributed by atoms with Gasteiger partial charge in [0.25, 0.3) is 0 Å². The van der Waals surface area contributed by atoms with E-state index in [0.717, 1.165) is 11.8 Å².